The lowest BCUT2D eigenvalue weighted by atomic mass is 10.1. The topological polar surface area (TPSA) is 73.2 Å². The summed E-state index contributed by atoms with van der Waals surface area (Å²) in [4.78, 5) is 23.4. The third-order valence-corrected chi connectivity index (χ3v) is 4.33. The zero-order chi connectivity index (χ0) is 17.7. The van der Waals surface area contributed by atoms with Crippen LogP contribution in [0.25, 0.3) is 0 Å². The number of nitrogens with zero attached hydrogens (tertiary/aromatic N) is 2. The summed E-state index contributed by atoms with van der Waals surface area (Å²) < 4.78 is 6.22. The second-order valence-electron chi connectivity index (χ2n) is 5.09. The van der Waals surface area contributed by atoms with Crippen LogP contribution in [0.1, 0.15) is 32.8 Å². The van der Waals surface area contributed by atoms with Gasteiger partial charge >= 0.3 is 5.97 Å². The standard InChI is InChI=1S/C16H17Cl2N3O3/c1-10-13(17)14(18)21(20-10)9-3-8-19-15(22)11-4-6-12(7-5-11)16(23)24-2/h4-7H,3,8-9H2,1-2H3,(H,19,22). The van der Waals surface area contributed by atoms with E-state index in [1.165, 1.54) is 7.11 Å². The highest BCUT2D eigenvalue weighted by molar-refractivity contribution is 6.41. The molecule has 0 unspecified atom stereocenters. The summed E-state index contributed by atoms with van der Waals surface area (Å²) in [5.41, 5.74) is 1.55. The molecule has 0 radical (unpaired) electrons. The quantitative estimate of drug-likeness (QED) is 0.627. The number of methoxy groups -OCH3 is 1. The number of benzene rings is 1. The number of aryl methyl sites for hydroxylation is 2. The van der Waals surface area contributed by atoms with Crippen LogP contribution >= 0.6 is 23.2 Å². The number of halogens is 2. The molecule has 0 aliphatic carbocycles. The maximum absolute atomic E-state index is 12.0. The molecule has 8 heteroatoms. The Balaban J connectivity index is 1.82. The molecule has 0 saturated heterocycles. The van der Waals surface area contributed by atoms with Gasteiger partial charge in [0.25, 0.3) is 5.91 Å². The number of ether oxygens (including phenoxy) is 1. The van der Waals surface area contributed by atoms with Crippen LogP contribution in [0.3, 0.4) is 0 Å². The Morgan fingerprint density at radius 2 is 1.83 bits per heavy atom. The summed E-state index contributed by atoms with van der Waals surface area (Å²) in [6, 6.07) is 6.26. The molecular weight excluding hydrogens is 353 g/mol. The van der Waals surface area contributed by atoms with Gasteiger partial charge in [-0.15, -0.1) is 0 Å². The molecule has 0 atom stereocenters. The molecule has 2 aromatic rings. The molecule has 1 aromatic heterocycles. The highest BCUT2D eigenvalue weighted by atomic mass is 35.5. The maximum atomic E-state index is 12.0. The number of rotatable bonds is 6. The fourth-order valence-electron chi connectivity index (χ4n) is 2.09. The lowest BCUT2D eigenvalue weighted by Crippen LogP contribution is -2.25. The van der Waals surface area contributed by atoms with Crippen LogP contribution in [-0.4, -0.2) is 35.3 Å². The number of amides is 1. The lowest BCUT2D eigenvalue weighted by Gasteiger charge is -2.07. The summed E-state index contributed by atoms with van der Waals surface area (Å²) >= 11 is 12.0. The van der Waals surface area contributed by atoms with Gasteiger partial charge < -0.3 is 10.1 Å². The second-order valence-corrected chi connectivity index (χ2v) is 5.83. The second kappa shape index (κ2) is 8.17. The number of hydrogen-bond donors (Lipinski definition) is 1. The number of aromatic nitrogens is 2. The first-order chi connectivity index (χ1) is 11.4. The minimum Gasteiger partial charge on any atom is -0.465 e. The van der Waals surface area contributed by atoms with Gasteiger partial charge in [0.05, 0.1) is 18.4 Å². The summed E-state index contributed by atoms with van der Waals surface area (Å²) in [5, 5.41) is 7.87. The molecule has 2 rings (SSSR count). The fraction of sp³-hybridized carbons (Fsp3) is 0.312. The molecule has 1 aromatic carbocycles. The zero-order valence-corrected chi connectivity index (χ0v) is 14.8. The minimum atomic E-state index is -0.438. The van der Waals surface area contributed by atoms with E-state index in [4.69, 9.17) is 23.2 Å². The van der Waals surface area contributed by atoms with E-state index < -0.39 is 5.97 Å². The Hall–Kier alpha value is -2.05. The molecule has 6 nitrogen and oxygen atoms in total. The Morgan fingerprint density at radius 1 is 1.21 bits per heavy atom. The van der Waals surface area contributed by atoms with Crippen LogP contribution in [0.15, 0.2) is 24.3 Å². The predicted octanol–water partition coefficient (Wildman–Crippen LogP) is 3.11. The average molecular weight is 370 g/mol. The fourth-order valence-corrected chi connectivity index (χ4v) is 2.48. The first-order valence-corrected chi connectivity index (χ1v) is 8.04. The SMILES string of the molecule is COC(=O)c1ccc(C(=O)NCCCn2nc(C)c(Cl)c2Cl)cc1. The van der Waals surface area contributed by atoms with Crippen LogP contribution in [0.4, 0.5) is 0 Å². The van der Waals surface area contributed by atoms with Gasteiger partial charge in [0.2, 0.25) is 0 Å². The summed E-state index contributed by atoms with van der Waals surface area (Å²) in [6.07, 6.45) is 0.656. The molecule has 0 aliphatic heterocycles. The molecule has 1 amide bonds. The smallest absolute Gasteiger partial charge is 0.337 e. The molecule has 0 bridgehead atoms. The van der Waals surface area contributed by atoms with E-state index in [0.29, 0.717) is 46.5 Å². The van der Waals surface area contributed by atoms with Crippen molar-refractivity contribution in [3.05, 3.63) is 51.3 Å². The van der Waals surface area contributed by atoms with E-state index in [2.05, 4.69) is 15.2 Å². The van der Waals surface area contributed by atoms with Gasteiger partial charge in [-0.05, 0) is 37.6 Å². The van der Waals surface area contributed by atoms with Gasteiger partial charge in [0.1, 0.15) is 10.2 Å². The Kier molecular flexibility index (Phi) is 6.23. The molecule has 128 valence electrons. The van der Waals surface area contributed by atoms with Gasteiger partial charge in [-0.2, -0.15) is 5.10 Å². The van der Waals surface area contributed by atoms with E-state index in [-0.39, 0.29) is 5.91 Å². The van der Waals surface area contributed by atoms with Crippen molar-refractivity contribution >= 4 is 35.1 Å². The predicted molar refractivity (Wildman–Crippen MR) is 91.7 cm³/mol. The molecular formula is C16H17Cl2N3O3. The van der Waals surface area contributed by atoms with Gasteiger partial charge in [-0.1, -0.05) is 23.2 Å². The van der Waals surface area contributed by atoms with Crippen LogP contribution in [-0.2, 0) is 11.3 Å². The first-order valence-electron chi connectivity index (χ1n) is 7.29. The van der Waals surface area contributed by atoms with E-state index >= 15 is 0 Å². The van der Waals surface area contributed by atoms with Crippen molar-refractivity contribution in [2.75, 3.05) is 13.7 Å². The number of carbonyl (C=O) groups is 2. The molecule has 0 fully saturated rings. The monoisotopic (exact) mass is 369 g/mol. The molecule has 0 aliphatic rings. The van der Waals surface area contributed by atoms with Crippen molar-refractivity contribution in [2.24, 2.45) is 0 Å². The third kappa shape index (κ3) is 4.27. The summed E-state index contributed by atoms with van der Waals surface area (Å²) in [5.74, 6) is -0.654. The molecule has 0 spiro atoms. The maximum Gasteiger partial charge on any atom is 0.337 e. The average Bonchev–Trinajstić information content (AvgIpc) is 2.85. The van der Waals surface area contributed by atoms with E-state index in [1.807, 2.05) is 0 Å². The molecule has 1 N–H and O–H groups in total. The van der Waals surface area contributed by atoms with Crippen molar-refractivity contribution in [1.29, 1.82) is 0 Å². The number of hydrogen-bond acceptors (Lipinski definition) is 4. The largest absolute Gasteiger partial charge is 0.465 e. The van der Waals surface area contributed by atoms with E-state index in [9.17, 15) is 9.59 Å². The van der Waals surface area contributed by atoms with Crippen molar-refractivity contribution in [3.8, 4) is 0 Å². The minimum absolute atomic E-state index is 0.216. The van der Waals surface area contributed by atoms with Crippen LogP contribution in [0, 0.1) is 6.92 Å². The van der Waals surface area contributed by atoms with Gasteiger partial charge in [0.15, 0.2) is 0 Å². The van der Waals surface area contributed by atoms with Gasteiger partial charge in [0, 0.05) is 18.7 Å². The number of esters is 1. The zero-order valence-electron chi connectivity index (χ0n) is 13.3. The van der Waals surface area contributed by atoms with Gasteiger partial charge in [-0.3, -0.25) is 9.48 Å². The van der Waals surface area contributed by atoms with Crippen LogP contribution in [0.2, 0.25) is 10.2 Å². The Labute approximate surface area is 149 Å². The van der Waals surface area contributed by atoms with Crippen molar-refractivity contribution in [3.63, 3.8) is 0 Å². The number of nitrogens with one attached hydrogen (secondary N) is 1. The van der Waals surface area contributed by atoms with Crippen LogP contribution < -0.4 is 5.32 Å². The molecule has 24 heavy (non-hydrogen) atoms. The Morgan fingerprint density at radius 3 is 2.38 bits per heavy atom. The molecule has 0 saturated carbocycles. The van der Waals surface area contributed by atoms with Gasteiger partial charge in [-0.25, -0.2) is 4.79 Å². The van der Waals surface area contributed by atoms with Crippen molar-refractivity contribution in [1.82, 2.24) is 15.1 Å². The highest BCUT2D eigenvalue weighted by Crippen LogP contribution is 2.24. The first kappa shape index (κ1) is 18.3. The summed E-state index contributed by atoms with van der Waals surface area (Å²) in [6.45, 7) is 2.79. The highest BCUT2D eigenvalue weighted by Gasteiger charge is 2.11. The normalized spacial score (nSPS) is 10.5. The Bertz CT molecular complexity index is 742. The third-order valence-electron chi connectivity index (χ3n) is 3.40. The van der Waals surface area contributed by atoms with Crippen LogP contribution in [0.5, 0.6) is 0 Å². The van der Waals surface area contributed by atoms with E-state index in [1.54, 1.807) is 35.9 Å². The lowest BCUT2D eigenvalue weighted by molar-refractivity contribution is 0.0600. The summed E-state index contributed by atoms with van der Waals surface area (Å²) in [7, 11) is 1.31. The molecule has 1 heterocycles. The van der Waals surface area contributed by atoms with E-state index in [0.717, 1.165) is 0 Å². The van der Waals surface area contributed by atoms with Crippen molar-refractivity contribution < 1.29 is 14.3 Å². The number of carbonyl (C=O) groups excluding carboxylic acids is 2. The van der Waals surface area contributed by atoms with Crippen molar-refractivity contribution in [2.45, 2.75) is 19.9 Å².